The maximum atomic E-state index is 12.5. The van der Waals surface area contributed by atoms with E-state index in [2.05, 4.69) is 0 Å². The fraction of sp³-hybridized carbons (Fsp3) is 0.917. The minimum absolute atomic E-state index is 0.259. The molecule has 4 N–H and O–H groups in total. The van der Waals surface area contributed by atoms with Crippen LogP contribution in [0.15, 0.2) is 0 Å². The molecule has 0 bridgehead atoms. The zero-order valence-corrected chi connectivity index (χ0v) is 21.6. The molecule has 0 heterocycles. The number of nitrogens with two attached hydrogens (primary N) is 2. The van der Waals surface area contributed by atoms with Crippen molar-refractivity contribution in [2.75, 3.05) is 39.3 Å². The van der Waals surface area contributed by atoms with Crippen LogP contribution >= 0.6 is 0 Å². The minimum Gasteiger partial charge on any atom is -0.444 e. The van der Waals surface area contributed by atoms with Gasteiger partial charge in [-0.3, -0.25) is 0 Å². The van der Waals surface area contributed by atoms with Crippen molar-refractivity contribution in [1.82, 2.24) is 9.80 Å². The van der Waals surface area contributed by atoms with E-state index < -0.39 is 11.2 Å². The van der Waals surface area contributed by atoms with Gasteiger partial charge in [-0.2, -0.15) is 0 Å². The van der Waals surface area contributed by atoms with Crippen LogP contribution in [0.5, 0.6) is 0 Å². The number of amides is 2. The lowest BCUT2D eigenvalue weighted by atomic mass is 10.1. The average Bonchev–Trinajstić information content (AvgIpc) is 2.65. The van der Waals surface area contributed by atoms with Gasteiger partial charge in [0.2, 0.25) is 0 Å². The summed E-state index contributed by atoms with van der Waals surface area (Å²) in [4.78, 5) is 28.5. The first-order valence-corrected chi connectivity index (χ1v) is 12.3. The Bertz CT molecular complexity index is 469. The molecule has 0 aromatic carbocycles. The van der Waals surface area contributed by atoms with Crippen LogP contribution in [0, 0.1) is 0 Å². The molecule has 0 saturated heterocycles. The largest absolute Gasteiger partial charge is 0.444 e. The summed E-state index contributed by atoms with van der Waals surface area (Å²) in [5, 5.41) is 0. The van der Waals surface area contributed by atoms with Crippen LogP contribution in [0.4, 0.5) is 9.59 Å². The summed E-state index contributed by atoms with van der Waals surface area (Å²) in [6.45, 7) is 15.2. The maximum absolute atomic E-state index is 12.5. The van der Waals surface area contributed by atoms with Gasteiger partial charge >= 0.3 is 12.2 Å². The van der Waals surface area contributed by atoms with Gasteiger partial charge in [-0.25, -0.2) is 9.59 Å². The number of rotatable bonds is 15. The molecule has 0 rings (SSSR count). The lowest BCUT2D eigenvalue weighted by Crippen LogP contribution is -2.38. The maximum Gasteiger partial charge on any atom is 0.410 e. The molecular weight excluding hydrogens is 408 g/mol. The first kappa shape index (κ1) is 30.5. The van der Waals surface area contributed by atoms with E-state index in [9.17, 15) is 9.59 Å². The van der Waals surface area contributed by atoms with Crippen molar-refractivity contribution >= 4 is 12.2 Å². The van der Waals surface area contributed by atoms with Gasteiger partial charge in [0.1, 0.15) is 11.2 Å². The van der Waals surface area contributed by atoms with Gasteiger partial charge < -0.3 is 30.7 Å². The van der Waals surface area contributed by atoms with E-state index >= 15 is 0 Å². The summed E-state index contributed by atoms with van der Waals surface area (Å²) in [5.74, 6) is 0. The molecule has 0 aliphatic rings. The molecule has 0 fully saturated rings. The standard InChI is InChI=1S/C24H50N4O4/c1-23(2,3)31-21(29)27(19-13-9-15-25)17-11-7-8-12-18-28(20-14-10-16-26)22(30)32-24(4,5)6/h7-20,25-26H2,1-6H3. The lowest BCUT2D eigenvalue weighted by molar-refractivity contribution is 0.0226. The topological polar surface area (TPSA) is 111 Å². The van der Waals surface area contributed by atoms with E-state index in [0.717, 1.165) is 51.4 Å². The number of carbonyl (C=O) groups is 2. The van der Waals surface area contributed by atoms with Crippen molar-refractivity contribution in [3.8, 4) is 0 Å². The van der Waals surface area contributed by atoms with Crippen molar-refractivity contribution in [3.05, 3.63) is 0 Å². The molecule has 8 nitrogen and oxygen atoms in total. The summed E-state index contributed by atoms with van der Waals surface area (Å²) in [6, 6.07) is 0. The SMILES string of the molecule is CC(C)(C)OC(=O)N(CCCCN)CCCCCCN(CCCCN)C(=O)OC(C)(C)C. The third kappa shape index (κ3) is 17.1. The fourth-order valence-corrected chi connectivity index (χ4v) is 3.09. The molecular formula is C24H50N4O4. The lowest BCUT2D eigenvalue weighted by Gasteiger charge is -2.28. The molecule has 0 aliphatic heterocycles. The molecule has 0 aromatic rings. The Morgan fingerprint density at radius 3 is 1.09 bits per heavy atom. The van der Waals surface area contributed by atoms with Crippen LogP contribution in [0.1, 0.15) is 92.9 Å². The summed E-state index contributed by atoms with van der Waals surface area (Å²) in [5.41, 5.74) is 10.2. The molecule has 0 aromatic heterocycles. The van der Waals surface area contributed by atoms with Gasteiger partial charge in [0.25, 0.3) is 0 Å². The Balaban J connectivity index is 4.47. The Hall–Kier alpha value is -1.54. The van der Waals surface area contributed by atoms with Crippen LogP contribution in [0.25, 0.3) is 0 Å². The molecule has 0 spiro atoms. The highest BCUT2D eigenvalue weighted by molar-refractivity contribution is 5.68. The number of nitrogens with zero attached hydrogens (tertiary/aromatic N) is 2. The van der Waals surface area contributed by atoms with Crippen LogP contribution in [-0.2, 0) is 9.47 Å². The molecule has 2 amide bonds. The van der Waals surface area contributed by atoms with Crippen LogP contribution in [-0.4, -0.2) is 72.5 Å². The second kappa shape index (κ2) is 16.1. The number of carbonyl (C=O) groups excluding carboxylic acids is 2. The predicted octanol–water partition coefficient (Wildman–Crippen LogP) is 4.50. The Labute approximate surface area is 196 Å². The van der Waals surface area contributed by atoms with Gasteiger partial charge in [0.05, 0.1) is 0 Å². The zero-order chi connectivity index (χ0) is 24.6. The van der Waals surface area contributed by atoms with Gasteiger partial charge in [-0.1, -0.05) is 12.8 Å². The van der Waals surface area contributed by atoms with E-state index in [4.69, 9.17) is 20.9 Å². The summed E-state index contributed by atoms with van der Waals surface area (Å²) >= 11 is 0. The third-order valence-corrected chi connectivity index (χ3v) is 4.67. The first-order valence-electron chi connectivity index (χ1n) is 12.3. The monoisotopic (exact) mass is 458 g/mol. The van der Waals surface area contributed by atoms with Crippen LogP contribution in [0.3, 0.4) is 0 Å². The average molecular weight is 459 g/mol. The van der Waals surface area contributed by atoms with E-state index in [1.54, 1.807) is 9.80 Å². The molecule has 0 atom stereocenters. The van der Waals surface area contributed by atoms with Gasteiger partial charge in [0, 0.05) is 26.2 Å². The highest BCUT2D eigenvalue weighted by Gasteiger charge is 2.22. The normalized spacial score (nSPS) is 11.9. The van der Waals surface area contributed by atoms with E-state index in [1.165, 1.54) is 0 Å². The van der Waals surface area contributed by atoms with Crippen LogP contribution < -0.4 is 11.5 Å². The molecule has 8 heteroatoms. The van der Waals surface area contributed by atoms with Crippen LogP contribution in [0.2, 0.25) is 0 Å². The molecule has 0 saturated carbocycles. The predicted molar refractivity (Wildman–Crippen MR) is 131 cm³/mol. The molecule has 0 unspecified atom stereocenters. The molecule has 0 radical (unpaired) electrons. The molecule has 32 heavy (non-hydrogen) atoms. The summed E-state index contributed by atoms with van der Waals surface area (Å²) < 4.78 is 11.1. The van der Waals surface area contributed by atoms with Crippen molar-refractivity contribution in [1.29, 1.82) is 0 Å². The first-order chi connectivity index (χ1) is 14.9. The van der Waals surface area contributed by atoms with E-state index in [0.29, 0.717) is 39.3 Å². The fourth-order valence-electron chi connectivity index (χ4n) is 3.09. The van der Waals surface area contributed by atoms with E-state index in [1.807, 2.05) is 41.5 Å². The number of hydrogen-bond acceptors (Lipinski definition) is 6. The highest BCUT2D eigenvalue weighted by Crippen LogP contribution is 2.14. The summed E-state index contributed by atoms with van der Waals surface area (Å²) in [7, 11) is 0. The molecule has 0 aliphatic carbocycles. The molecule has 190 valence electrons. The highest BCUT2D eigenvalue weighted by atomic mass is 16.6. The Kier molecular flexibility index (Phi) is 15.4. The second-order valence-electron chi connectivity index (χ2n) is 10.3. The number of hydrogen-bond donors (Lipinski definition) is 2. The van der Waals surface area contributed by atoms with Crippen molar-refractivity contribution < 1.29 is 19.1 Å². The minimum atomic E-state index is -0.502. The van der Waals surface area contributed by atoms with E-state index in [-0.39, 0.29) is 12.2 Å². The quantitative estimate of drug-likeness (QED) is 0.350. The van der Waals surface area contributed by atoms with Crippen molar-refractivity contribution in [2.45, 2.75) is 104 Å². The van der Waals surface area contributed by atoms with Crippen molar-refractivity contribution in [2.24, 2.45) is 11.5 Å². The number of unbranched alkanes of at least 4 members (excludes halogenated alkanes) is 5. The second-order valence-corrected chi connectivity index (χ2v) is 10.3. The van der Waals surface area contributed by atoms with Gasteiger partial charge in [0.15, 0.2) is 0 Å². The number of ether oxygens (including phenoxy) is 2. The Morgan fingerprint density at radius 1 is 0.562 bits per heavy atom. The third-order valence-electron chi connectivity index (χ3n) is 4.67. The van der Waals surface area contributed by atoms with Gasteiger partial charge in [-0.05, 0) is 93.2 Å². The zero-order valence-electron chi connectivity index (χ0n) is 21.6. The van der Waals surface area contributed by atoms with Gasteiger partial charge in [-0.15, -0.1) is 0 Å². The summed E-state index contributed by atoms with van der Waals surface area (Å²) in [6.07, 6.45) is 6.81. The smallest absolute Gasteiger partial charge is 0.410 e. The Morgan fingerprint density at radius 2 is 0.844 bits per heavy atom. The van der Waals surface area contributed by atoms with Crippen molar-refractivity contribution in [3.63, 3.8) is 0 Å².